The molecular weight excluding hydrogens is 330 g/mol. The van der Waals surface area contributed by atoms with Crippen molar-refractivity contribution in [1.29, 1.82) is 0 Å². The standard InChI is InChI=1S/C20H27N3O3/c1-20(2,3)11-16(24)21-19-17(12-6-7-12)22-23-18(19)13-8-9-14(25-4)15(10-13)26-5/h8-10,12H,6-7,11H2,1-5H3,(H,21,24)(H,22,23). The smallest absolute Gasteiger partial charge is 0.225 e. The Kier molecular flexibility index (Phi) is 4.94. The zero-order chi connectivity index (χ0) is 18.9. The van der Waals surface area contributed by atoms with Crippen molar-refractivity contribution in [3.05, 3.63) is 23.9 Å². The van der Waals surface area contributed by atoms with Crippen LogP contribution in [0.3, 0.4) is 0 Å². The van der Waals surface area contributed by atoms with Gasteiger partial charge in [-0.15, -0.1) is 0 Å². The van der Waals surface area contributed by atoms with Gasteiger partial charge in [0.15, 0.2) is 11.5 Å². The summed E-state index contributed by atoms with van der Waals surface area (Å²) in [5.74, 6) is 1.74. The van der Waals surface area contributed by atoms with Crippen molar-refractivity contribution in [3.8, 4) is 22.8 Å². The summed E-state index contributed by atoms with van der Waals surface area (Å²) < 4.78 is 10.7. The normalized spacial score (nSPS) is 14.2. The van der Waals surface area contributed by atoms with Crippen molar-refractivity contribution in [1.82, 2.24) is 10.2 Å². The van der Waals surface area contributed by atoms with Gasteiger partial charge in [-0.3, -0.25) is 9.89 Å². The number of ether oxygens (including phenoxy) is 2. The van der Waals surface area contributed by atoms with Crippen molar-refractivity contribution >= 4 is 11.6 Å². The van der Waals surface area contributed by atoms with Crippen LogP contribution in [-0.4, -0.2) is 30.3 Å². The average Bonchev–Trinajstić information content (AvgIpc) is 3.34. The van der Waals surface area contributed by atoms with E-state index >= 15 is 0 Å². The minimum atomic E-state index is -0.0724. The van der Waals surface area contributed by atoms with Crippen LogP contribution in [0.4, 0.5) is 5.69 Å². The lowest BCUT2D eigenvalue weighted by Crippen LogP contribution is -2.20. The van der Waals surface area contributed by atoms with E-state index in [9.17, 15) is 4.79 Å². The predicted molar refractivity (Wildman–Crippen MR) is 102 cm³/mol. The van der Waals surface area contributed by atoms with Gasteiger partial charge in [-0.2, -0.15) is 5.10 Å². The maximum Gasteiger partial charge on any atom is 0.225 e. The van der Waals surface area contributed by atoms with Gasteiger partial charge in [-0.1, -0.05) is 20.8 Å². The van der Waals surface area contributed by atoms with Crippen LogP contribution in [0, 0.1) is 5.41 Å². The topological polar surface area (TPSA) is 76.2 Å². The first-order valence-electron chi connectivity index (χ1n) is 8.93. The van der Waals surface area contributed by atoms with Gasteiger partial charge in [0.05, 0.1) is 25.6 Å². The lowest BCUT2D eigenvalue weighted by molar-refractivity contribution is -0.117. The molecule has 3 rings (SSSR count). The van der Waals surface area contributed by atoms with Crippen molar-refractivity contribution in [2.75, 3.05) is 19.5 Å². The summed E-state index contributed by atoms with van der Waals surface area (Å²) in [6.07, 6.45) is 2.69. The van der Waals surface area contributed by atoms with E-state index in [-0.39, 0.29) is 11.3 Å². The first kappa shape index (κ1) is 18.3. The van der Waals surface area contributed by atoms with Gasteiger partial charge in [-0.25, -0.2) is 0 Å². The molecule has 6 heteroatoms. The number of aromatic nitrogens is 2. The van der Waals surface area contributed by atoms with Crippen molar-refractivity contribution in [3.63, 3.8) is 0 Å². The SMILES string of the molecule is COc1ccc(-c2n[nH]c(C3CC3)c2NC(=O)CC(C)(C)C)cc1OC. The van der Waals surface area contributed by atoms with Crippen molar-refractivity contribution in [2.24, 2.45) is 5.41 Å². The van der Waals surface area contributed by atoms with Crippen molar-refractivity contribution in [2.45, 2.75) is 46.0 Å². The second kappa shape index (κ2) is 7.02. The summed E-state index contributed by atoms with van der Waals surface area (Å²) in [6, 6.07) is 5.65. The number of carbonyl (C=O) groups is 1. The number of aromatic amines is 1. The van der Waals surface area contributed by atoms with E-state index in [1.165, 1.54) is 0 Å². The Labute approximate surface area is 154 Å². The number of anilines is 1. The summed E-state index contributed by atoms with van der Waals surface area (Å²) in [6.45, 7) is 6.16. The van der Waals surface area contributed by atoms with Crippen LogP contribution in [0.5, 0.6) is 11.5 Å². The van der Waals surface area contributed by atoms with E-state index in [0.717, 1.165) is 35.5 Å². The number of rotatable bonds is 6. The number of nitrogens with one attached hydrogen (secondary N) is 2. The molecule has 0 saturated heterocycles. The largest absolute Gasteiger partial charge is 0.493 e. The molecule has 140 valence electrons. The van der Waals surface area contributed by atoms with E-state index in [1.807, 2.05) is 18.2 Å². The lowest BCUT2D eigenvalue weighted by atomic mass is 9.92. The Hall–Kier alpha value is -2.50. The summed E-state index contributed by atoms with van der Waals surface area (Å²) in [5, 5.41) is 10.7. The zero-order valence-corrected chi connectivity index (χ0v) is 16.1. The highest BCUT2D eigenvalue weighted by Crippen LogP contribution is 2.46. The summed E-state index contributed by atoms with van der Waals surface area (Å²) in [5.41, 5.74) is 3.33. The van der Waals surface area contributed by atoms with E-state index in [4.69, 9.17) is 9.47 Å². The summed E-state index contributed by atoms with van der Waals surface area (Å²) >= 11 is 0. The molecule has 1 amide bonds. The summed E-state index contributed by atoms with van der Waals surface area (Å²) in [4.78, 5) is 12.5. The van der Waals surface area contributed by atoms with Crippen LogP contribution in [0.2, 0.25) is 0 Å². The molecule has 26 heavy (non-hydrogen) atoms. The molecule has 1 aromatic carbocycles. The second-order valence-electron chi connectivity index (χ2n) is 7.99. The highest BCUT2D eigenvalue weighted by atomic mass is 16.5. The van der Waals surface area contributed by atoms with E-state index in [1.54, 1.807) is 14.2 Å². The van der Waals surface area contributed by atoms with Gasteiger partial charge in [-0.05, 0) is 36.5 Å². The predicted octanol–water partition coefficient (Wildman–Crippen LogP) is 4.35. The molecule has 0 aliphatic heterocycles. The minimum Gasteiger partial charge on any atom is -0.493 e. The number of hydrogen-bond acceptors (Lipinski definition) is 4. The number of carbonyl (C=O) groups excluding carboxylic acids is 1. The molecule has 0 bridgehead atoms. The number of nitrogens with zero attached hydrogens (tertiary/aromatic N) is 1. The number of methoxy groups -OCH3 is 2. The Balaban J connectivity index is 1.96. The first-order chi connectivity index (χ1) is 12.3. The van der Waals surface area contributed by atoms with E-state index in [2.05, 4.69) is 36.3 Å². The molecule has 2 N–H and O–H groups in total. The average molecular weight is 357 g/mol. The van der Waals surface area contributed by atoms with Gasteiger partial charge in [0.2, 0.25) is 5.91 Å². The third kappa shape index (κ3) is 4.00. The van der Waals surface area contributed by atoms with Crippen LogP contribution in [-0.2, 0) is 4.79 Å². The molecule has 1 aliphatic carbocycles. The molecule has 0 atom stereocenters. The molecule has 1 aromatic heterocycles. The van der Waals surface area contributed by atoms with Gasteiger partial charge < -0.3 is 14.8 Å². The number of amides is 1. The van der Waals surface area contributed by atoms with Gasteiger partial charge in [0.25, 0.3) is 0 Å². The maximum absolute atomic E-state index is 12.5. The van der Waals surface area contributed by atoms with Crippen LogP contribution >= 0.6 is 0 Å². The van der Waals surface area contributed by atoms with Crippen LogP contribution in [0.1, 0.15) is 51.6 Å². The number of H-pyrrole nitrogens is 1. The molecular formula is C20H27N3O3. The van der Waals surface area contributed by atoms with Crippen LogP contribution in [0.15, 0.2) is 18.2 Å². The van der Waals surface area contributed by atoms with Gasteiger partial charge in [0, 0.05) is 17.9 Å². The monoisotopic (exact) mass is 357 g/mol. The Morgan fingerprint density at radius 1 is 1.23 bits per heavy atom. The second-order valence-corrected chi connectivity index (χ2v) is 7.99. The molecule has 1 fully saturated rings. The molecule has 0 unspecified atom stereocenters. The fraction of sp³-hybridized carbons (Fsp3) is 0.500. The highest BCUT2D eigenvalue weighted by Gasteiger charge is 2.31. The Morgan fingerprint density at radius 2 is 1.92 bits per heavy atom. The highest BCUT2D eigenvalue weighted by molar-refractivity contribution is 5.96. The molecule has 0 radical (unpaired) electrons. The maximum atomic E-state index is 12.5. The van der Waals surface area contributed by atoms with Crippen molar-refractivity contribution < 1.29 is 14.3 Å². The third-order valence-corrected chi connectivity index (χ3v) is 4.39. The fourth-order valence-electron chi connectivity index (χ4n) is 3.01. The third-order valence-electron chi connectivity index (χ3n) is 4.39. The summed E-state index contributed by atoms with van der Waals surface area (Å²) in [7, 11) is 3.21. The minimum absolute atomic E-state index is 0.00234. The molecule has 6 nitrogen and oxygen atoms in total. The van der Waals surface area contributed by atoms with Crippen LogP contribution < -0.4 is 14.8 Å². The van der Waals surface area contributed by atoms with Gasteiger partial charge in [0.1, 0.15) is 5.69 Å². The zero-order valence-electron chi connectivity index (χ0n) is 16.1. The Bertz CT molecular complexity index is 801. The van der Waals surface area contributed by atoms with E-state index in [0.29, 0.717) is 23.8 Å². The fourth-order valence-corrected chi connectivity index (χ4v) is 3.01. The molecule has 1 heterocycles. The Morgan fingerprint density at radius 3 is 2.50 bits per heavy atom. The van der Waals surface area contributed by atoms with Gasteiger partial charge >= 0.3 is 0 Å². The quantitative estimate of drug-likeness (QED) is 0.806. The molecule has 1 aliphatic rings. The van der Waals surface area contributed by atoms with Crippen LogP contribution in [0.25, 0.3) is 11.3 Å². The molecule has 0 spiro atoms. The lowest BCUT2D eigenvalue weighted by Gasteiger charge is -2.18. The number of hydrogen-bond donors (Lipinski definition) is 2. The molecule has 1 saturated carbocycles. The number of benzene rings is 1. The molecule has 2 aromatic rings. The first-order valence-corrected chi connectivity index (χ1v) is 8.93. The van der Waals surface area contributed by atoms with E-state index < -0.39 is 0 Å².